The summed E-state index contributed by atoms with van der Waals surface area (Å²) in [4.78, 5) is 10.8. The maximum Gasteiger partial charge on any atom is 0.430 e. The maximum atomic E-state index is 12.8. The lowest BCUT2D eigenvalue weighted by molar-refractivity contribution is -0.189. The maximum absolute atomic E-state index is 12.8. The number of carboxylic acid groups (broad SMARTS) is 1. The summed E-state index contributed by atoms with van der Waals surface area (Å²) < 4.78 is 80.9. The molecule has 21 heavy (non-hydrogen) atoms. The van der Waals surface area contributed by atoms with E-state index in [1.807, 2.05) is 0 Å². The molecule has 1 aromatic rings. The minimum Gasteiger partial charge on any atom is -0.478 e. The molecule has 1 N–H and O–H groups in total. The fourth-order valence-corrected chi connectivity index (χ4v) is 1.86. The van der Waals surface area contributed by atoms with Crippen molar-refractivity contribution in [2.45, 2.75) is 18.5 Å². The number of carboxylic acids is 1. The molecule has 0 aromatic heterocycles. The second kappa shape index (κ2) is 4.68. The first-order valence-corrected chi connectivity index (χ1v) is 5.40. The summed E-state index contributed by atoms with van der Waals surface area (Å²) in [6.07, 6.45) is -12.5. The van der Waals surface area contributed by atoms with Crippen molar-refractivity contribution < 1.29 is 41.0 Å². The third kappa shape index (κ3) is 2.81. The topological polar surface area (TPSA) is 46.5 Å². The van der Waals surface area contributed by atoms with Gasteiger partial charge in [-0.1, -0.05) is 12.1 Å². The molecule has 0 fully saturated rings. The molecule has 1 heterocycles. The van der Waals surface area contributed by atoms with Crippen LogP contribution in [0.3, 0.4) is 0 Å². The molecule has 0 amide bonds. The zero-order chi connectivity index (χ0) is 16.0. The normalized spacial score (nSPS) is 18.6. The van der Waals surface area contributed by atoms with Crippen LogP contribution in [0, 0.1) is 0 Å². The molecule has 0 spiro atoms. The Hall–Kier alpha value is -2.19. The molecule has 1 aliphatic rings. The molecule has 1 aromatic carbocycles. The van der Waals surface area contributed by atoms with Gasteiger partial charge in [0.15, 0.2) is 0 Å². The van der Waals surface area contributed by atoms with Gasteiger partial charge >= 0.3 is 18.3 Å². The minimum atomic E-state index is -5.15. The van der Waals surface area contributed by atoms with Gasteiger partial charge in [0.05, 0.1) is 11.1 Å². The van der Waals surface area contributed by atoms with Crippen LogP contribution in [-0.2, 0) is 11.0 Å². The Labute approximate surface area is 113 Å². The van der Waals surface area contributed by atoms with Crippen molar-refractivity contribution >= 4 is 12.0 Å². The predicted octanol–water partition coefficient (Wildman–Crippen LogP) is 3.50. The number of alkyl halides is 6. The number of carbonyl (C=O) groups is 1. The lowest BCUT2D eigenvalue weighted by atomic mass is 9.98. The number of halogens is 6. The van der Waals surface area contributed by atoms with Gasteiger partial charge in [-0.3, -0.25) is 0 Å². The molecule has 1 unspecified atom stereocenters. The molecule has 9 heteroatoms. The van der Waals surface area contributed by atoms with E-state index in [1.54, 1.807) is 0 Å². The van der Waals surface area contributed by atoms with Gasteiger partial charge in [0.25, 0.3) is 0 Å². The molecule has 0 saturated carbocycles. The number of ether oxygens (including phenoxy) is 1. The van der Waals surface area contributed by atoms with Crippen LogP contribution in [0.25, 0.3) is 6.08 Å². The van der Waals surface area contributed by atoms with Crippen molar-refractivity contribution in [3.05, 3.63) is 34.9 Å². The summed E-state index contributed by atoms with van der Waals surface area (Å²) >= 11 is 0. The first-order valence-electron chi connectivity index (χ1n) is 5.40. The first-order chi connectivity index (χ1) is 9.51. The summed E-state index contributed by atoms with van der Waals surface area (Å²) in [6, 6.07) is 2.56. The fourth-order valence-electron chi connectivity index (χ4n) is 1.86. The van der Waals surface area contributed by atoms with Crippen molar-refractivity contribution in [1.82, 2.24) is 0 Å². The average Bonchev–Trinajstić information content (AvgIpc) is 2.34. The monoisotopic (exact) mass is 312 g/mol. The van der Waals surface area contributed by atoms with Crippen LogP contribution in [0.2, 0.25) is 0 Å². The van der Waals surface area contributed by atoms with Gasteiger partial charge in [0.1, 0.15) is 5.75 Å². The molecule has 3 nitrogen and oxygen atoms in total. The summed E-state index contributed by atoms with van der Waals surface area (Å²) in [5.74, 6) is -2.95. The Balaban J connectivity index is 2.64. The van der Waals surface area contributed by atoms with E-state index in [9.17, 15) is 31.1 Å². The van der Waals surface area contributed by atoms with E-state index in [2.05, 4.69) is 4.74 Å². The highest BCUT2D eigenvalue weighted by Gasteiger charge is 2.50. The van der Waals surface area contributed by atoms with Crippen LogP contribution in [0.4, 0.5) is 26.3 Å². The largest absolute Gasteiger partial charge is 0.478 e. The van der Waals surface area contributed by atoms with E-state index in [0.29, 0.717) is 12.1 Å². The SMILES string of the molecule is O=C(O)C1=Cc2cccc(C(F)(F)F)c2OC1C(F)(F)F. The van der Waals surface area contributed by atoms with Gasteiger partial charge in [-0.25, -0.2) is 4.79 Å². The second-order valence-electron chi connectivity index (χ2n) is 4.17. The van der Waals surface area contributed by atoms with E-state index < -0.39 is 41.3 Å². The highest BCUT2D eigenvalue weighted by molar-refractivity contribution is 5.95. The third-order valence-electron chi connectivity index (χ3n) is 2.72. The number of rotatable bonds is 1. The van der Waals surface area contributed by atoms with Crippen LogP contribution in [0.1, 0.15) is 11.1 Å². The molecule has 1 atom stereocenters. The lowest BCUT2D eigenvalue weighted by Crippen LogP contribution is -2.40. The zero-order valence-corrected chi connectivity index (χ0v) is 9.92. The molecule has 114 valence electrons. The van der Waals surface area contributed by atoms with Gasteiger partial charge in [-0.05, 0) is 12.1 Å². The number of para-hydroxylation sites is 1. The lowest BCUT2D eigenvalue weighted by Gasteiger charge is -2.28. The molecule has 1 aliphatic heterocycles. The van der Waals surface area contributed by atoms with E-state index >= 15 is 0 Å². The van der Waals surface area contributed by atoms with Gasteiger partial charge < -0.3 is 9.84 Å². The summed E-state index contributed by atoms with van der Waals surface area (Å²) in [7, 11) is 0. The first kappa shape index (κ1) is 15.2. The fraction of sp³-hybridized carbons (Fsp3) is 0.250. The molecule has 0 radical (unpaired) electrons. The highest BCUT2D eigenvalue weighted by atomic mass is 19.4. The number of fused-ring (bicyclic) bond motifs is 1. The van der Waals surface area contributed by atoms with Crippen molar-refractivity contribution in [1.29, 1.82) is 0 Å². The average molecular weight is 312 g/mol. The number of aliphatic carboxylic acids is 1. The summed E-state index contributed by atoms with van der Waals surface area (Å²) in [6.45, 7) is 0. The standard InChI is InChI=1S/C12H6F6O3/c13-11(14,15)7-3-1-2-5-4-6(10(19)20)9(12(16,17)18)21-8(5)7/h1-4,9H,(H,19,20). The highest BCUT2D eigenvalue weighted by Crippen LogP contribution is 2.44. The number of benzene rings is 1. The Morgan fingerprint density at radius 1 is 1.14 bits per heavy atom. The van der Waals surface area contributed by atoms with E-state index in [4.69, 9.17) is 5.11 Å². The van der Waals surface area contributed by atoms with Crippen LogP contribution in [0.15, 0.2) is 23.8 Å². The Kier molecular flexibility index (Phi) is 3.38. The minimum absolute atomic E-state index is 0.372. The molecular weight excluding hydrogens is 306 g/mol. The molecular formula is C12H6F6O3. The predicted molar refractivity (Wildman–Crippen MR) is 57.5 cm³/mol. The van der Waals surface area contributed by atoms with Crippen LogP contribution >= 0.6 is 0 Å². The quantitative estimate of drug-likeness (QED) is 0.807. The summed E-state index contributed by atoms with van der Waals surface area (Å²) in [5, 5.41) is 8.76. The smallest absolute Gasteiger partial charge is 0.430 e. The van der Waals surface area contributed by atoms with E-state index in [0.717, 1.165) is 12.1 Å². The zero-order valence-electron chi connectivity index (χ0n) is 9.92. The third-order valence-corrected chi connectivity index (χ3v) is 2.72. The van der Waals surface area contributed by atoms with Crippen molar-refractivity contribution in [2.24, 2.45) is 0 Å². The number of hydrogen-bond donors (Lipinski definition) is 1. The molecule has 0 saturated heterocycles. The Bertz CT molecular complexity index is 614. The van der Waals surface area contributed by atoms with Crippen molar-refractivity contribution in [2.75, 3.05) is 0 Å². The van der Waals surface area contributed by atoms with E-state index in [1.165, 1.54) is 0 Å². The molecule has 0 aliphatic carbocycles. The van der Waals surface area contributed by atoms with Crippen LogP contribution < -0.4 is 4.74 Å². The number of hydrogen-bond acceptors (Lipinski definition) is 2. The molecule has 2 rings (SSSR count). The van der Waals surface area contributed by atoms with Crippen LogP contribution in [-0.4, -0.2) is 23.4 Å². The van der Waals surface area contributed by atoms with Gasteiger partial charge in [-0.15, -0.1) is 0 Å². The Morgan fingerprint density at radius 2 is 1.76 bits per heavy atom. The van der Waals surface area contributed by atoms with Gasteiger partial charge in [-0.2, -0.15) is 26.3 Å². The van der Waals surface area contributed by atoms with Crippen LogP contribution in [0.5, 0.6) is 5.75 Å². The van der Waals surface area contributed by atoms with Crippen molar-refractivity contribution in [3.8, 4) is 5.75 Å². The van der Waals surface area contributed by atoms with E-state index in [-0.39, 0.29) is 5.56 Å². The molecule has 0 bridgehead atoms. The van der Waals surface area contributed by atoms with Gasteiger partial charge in [0.2, 0.25) is 6.10 Å². The van der Waals surface area contributed by atoms with Crippen molar-refractivity contribution in [3.63, 3.8) is 0 Å². The van der Waals surface area contributed by atoms with Gasteiger partial charge in [0, 0.05) is 5.56 Å². The summed E-state index contributed by atoms with van der Waals surface area (Å²) in [5.41, 5.74) is -2.94. The second-order valence-corrected chi connectivity index (χ2v) is 4.17. The Morgan fingerprint density at radius 3 is 2.24 bits per heavy atom.